The van der Waals surface area contributed by atoms with Gasteiger partial charge in [0, 0.05) is 60.0 Å². The minimum Gasteiger partial charge on any atom is -0.351 e. The average Bonchev–Trinajstić information content (AvgIpc) is 3.28. The molecule has 188 valence electrons. The molecular formula is C29H29ClN6O. The summed E-state index contributed by atoms with van der Waals surface area (Å²) < 4.78 is 1.86. The third kappa shape index (κ3) is 4.21. The summed E-state index contributed by atoms with van der Waals surface area (Å²) in [5.41, 5.74) is 3.32. The standard InChI is InChI=1S/C29H29ClN6O/c30-25-9-5-4-8-21(25)22-12-19-13-32-29(34-27(19)36(28(22)37)20-10-11-31-14-20)33-26-23-16-35(17-24(23)26)15-18-6-2-1-3-7-18/h1-9,12-13,20,23-24,26,31H,10-11,14-17H2,(H,32,33,34). The van der Waals surface area contributed by atoms with Gasteiger partial charge in [0.1, 0.15) is 5.65 Å². The second-order valence-electron chi connectivity index (χ2n) is 10.5. The van der Waals surface area contributed by atoms with Gasteiger partial charge in [0.2, 0.25) is 5.95 Å². The lowest BCUT2D eigenvalue weighted by molar-refractivity contribution is 0.292. The van der Waals surface area contributed by atoms with Gasteiger partial charge in [0.15, 0.2) is 0 Å². The van der Waals surface area contributed by atoms with Crippen molar-refractivity contribution in [1.82, 2.24) is 24.8 Å². The lowest BCUT2D eigenvalue weighted by atomic mass is 10.1. The van der Waals surface area contributed by atoms with Crippen molar-refractivity contribution < 1.29 is 0 Å². The van der Waals surface area contributed by atoms with Crippen LogP contribution in [0.2, 0.25) is 5.02 Å². The van der Waals surface area contributed by atoms with E-state index in [2.05, 4.69) is 50.8 Å². The number of hydrogen-bond acceptors (Lipinski definition) is 6. The van der Waals surface area contributed by atoms with E-state index in [0.29, 0.717) is 40.1 Å². The van der Waals surface area contributed by atoms with Gasteiger partial charge in [-0.05, 0) is 42.5 Å². The molecule has 37 heavy (non-hydrogen) atoms. The lowest BCUT2D eigenvalue weighted by Crippen LogP contribution is -2.29. The van der Waals surface area contributed by atoms with Gasteiger partial charge in [-0.15, -0.1) is 0 Å². The highest BCUT2D eigenvalue weighted by Gasteiger charge is 2.55. The summed E-state index contributed by atoms with van der Waals surface area (Å²) in [4.78, 5) is 25.9. The largest absolute Gasteiger partial charge is 0.351 e. The number of nitrogens with one attached hydrogen (secondary N) is 2. The molecule has 2 N–H and O–H groups in total. The van der Waals surface area contributed by atoms with Crippen molar-refractivity contribution in [3.05, 3.63) is 87.8 Å². The minimum absolute atomic E-state index is 0.0482. The molecule has 3 aliphatic rings. The van der Waals surface area contributed by atoms with E-state index in [9.17, 15) is 4.79 Å². The highest BCUT2D eigenvalue weighted by atomic mass is 35.5. The maximum absolute atomic E-state index is 13.8. The van der Waals surface area contributed by atoms with E-state index in [-0.39, 0.29) is 11.6 Å². The number of piperidine rings is 1. The number of likely N-dealkylation sites (tertiary alicyclic amines) is 1. The fraction of sp³-hybridized carbons (Fsp3) is 0.345. The Kier molecular flexibility index (Phi) is 5.72. The van der Waals surface area contributed by atoms with Gasteiger partial charge in [-0.3, -0.25) is 14.3 Å². The Bertz CT molecular complexity index is 1500. The molecule has 3 unspecified atom stereocenters. The molecule has 2 aliphatic heterocycles. The van der Waals surface area contributed by atoms with Crippen molar-refractivity contribution in [2.24, 2.45) is 11.8 Å². The summed E-state index contributed by atoms with van der Waals surface area (Å²) in [7, 11) is 0. The van der Waals surface area contributed by atoms with Gasteiger partial charge < -0.3 is 10.6 Å². The zero-order valence-corrected chi connectivity index (χ0v) is 21.2. The molecule has 3 atom stereocenters. The Balaban J connectivity index is 1.16. The first-order valence-corrected chi connectivity index (χ1v) is 13.4. The van der Waals surface area contributed by atoms with Crippen molar-refractivity contribution >= 4 is 28.6 Å². The summed E-state index contributed by atoms with van der Waals surface area (Å²) in [6.45, 7) is 4.81. The predicted octanol–water partition coefficient (Wildman–Crippen LogP) is 4.19. The van der Waals surface area contributed by atoms with Crippen LogP contribution in [0.1, 0.15) is 18.0 Å². The van der Waals surface area contributed by atoms with Crippen LogP contribution in [0, 0.1) is 11.8 Å². The van der Waals surface area contributed by atoms with E-state index in [1.54, 1.807) is 0 Å². The zero-order valence-electron chi connectivity index (χ0n) is 20.5. The number of benzene rings is 2. The Morgan fingerprint density at radius 1 is 1.03 bits per heavy atom. The van der Waals surface area contributed by atoms with Gasteiger partial charge >= 0.3 is 0 Å². The molecule has 2 aromatic heterocycles. The Morgan fingerprint density at radius 2 is 1.81 bits per heavy atom. The molecule has 2 saturated heterocycles. The molecule has 1 aliphatic carbocycles. The van der Waals surface area contributed by atoms with Crippen LogP contribution in [0.15, 0.2) is 71.7 Å². The van der Waals surface area contributed by atoms with E-state index >= 15 is 0 Å². The molecule has 0 amide bonds. The first-order valence-electron chi connectivity index (χ1n) is 13.1. The number of anilines is 1. The number of aromatic nitrogens is 3. The number of fused-ring (bicyclic) bond motifs is 2. The zero-order chi connectivity index (χ0) is 24.9. The molecule has 7 rings (SSSR count). The molecule has 4 heterocycles. The van der Waals surface area contributed by atoms with Gasteiger partial charge in [0.05, 0.1) is 6.04 Å². The summed E-state index contributed by atoms with van der Waals surface area (Å²) in [6, 6.07) is 20.5. The predicted molar refractivity (Wildman–Crippen MR) is 147 cm³/mol. The van der Waals surface area contributed by atoms with Gasteiger partial charge in [0.25, 0.3) is 5.56 Å². The number of halogens is 1. The molecule has 0 bridgehead atoms. The molecule has 4 aromatic rings. The second-order valence-corrected chi connectivity index (χ2v) is 10.9. The Hall–Kier alpha value is -3.26. The molecule has 7 nitrogen and oxygen atoms in total. The van der Waals surface area contributed by atoms with Crippen LogP contribution in [0.3, 0.4) is 0 Å². The molecular weight excluding hydrogens is 484 g/mol. The molecule has 1 saturated carbocycles. The highest BCUT2D eigenvalue weighted by Crippen LogP contribution is 2.47. The topological polar surface area (TPSA) is 75.1 Å². The third-order valence-electron chi connectivity index (χ3n) is 8.15. The van der Waals surface area contributed by atoms with Gasteiger partial charge in [-0.2, -0.15) is 4.98 Å². The molecule has 2 aromatic carbocycles. The summed E-state index contributed by atoms with van der Waals surface area (Å²) in [5.74, 6) is 1.84. The van der Waals surface area contributed by atoms with E-state index in [1.165, 1.54) is 5.56 Å². The highest BCUT2D eigenvalue weighted by molar-refractivity contribution is 6.33. The number of pyridine rings is 1. The second kappa shape index (κ2) is 9.24. The van der Waals surface area contributed by atoms with Gasteiger partial charge in [-0.1, -0.05) is 60.1 Å². The Morgan fingerprint density at radius 3 is 2.57 bits per heavy atom. The fourth-order valence-corrected chi connectivity index (χ4v) is 6.45. The molecule has 0 spiro atoms. The van der Waals surface area contributed by atoms with E-state index in [0.717, 1.165) is 50.1 Å². The summed E-state index contributed by atoms with van der Waals surface area (Å²) >= 11 is 6.48. The quantitative estimate of drug-likeness (QED) is 0.403. The number of rotatable bonds is 6. The lowest BCUT2D eigenvalue weighted by Gasteiger charge is -2.20. The normalized spacial score (nSPS) is 24.9. The van der Waals surface area contributed by atoms with Crippen LogP contribution < -0.4 is 16.2 Å². The van der Waals surface area contributed by atoms with Crippen LogP contribution in [-0.2, 0) is 6.54 Å². The van der Waals surface area contributed by atoms with Crippen LogP contribution in [0.25, 0.3) is 22.2 Å². The fourth-order valence-electron chi connectivity index (χ4n) is 6.21. The first-order chi connectivity index (χ1) is 18.2. The monoisotopic (exact) mass is 512 g/mol. The average molecular weight is 513 g/mol. The number of hydrogen-bond donors (Lipinski definition) is 2. The van der Waals surface area contributed by atoms with Crippen molar-refractivity contribution in [3.8, 4) is 11.1 Å². The van der Waals surface area contributed by atoms with Crippen molar-refractivity contribution in [2.75, 3.05) is 31.5 Å². The van der Waals surface area contributed by atoms with E-state index in [1.807, 2.05) is 41.1 Å². The third-order valence-corrected chi connectivity index (χ3v) is 8.48. The van der Waals surface area contributed by atoms with Crippen LogP contribution in [0.4, 0.5) is 5.95 Å². The maximum atomic E-state index is 13.8. The first kappa shape index (κ1) is 22.9. The van der Waals surface area contributed by atoms with Crippen molar-refractivity contribution in [2.45, 2.75) is 25.0 Å². The summed E-state index contributed by atoms with van der Waals surface area (Å²) in [6.07, 6.45) is 2.72. The van der Waals surface area contributed by atoms with Crippen LogP contribution >= 0.6 is 11.6 Å². The maximum Gasteiger partial charge on any atom is 0.260 e. The minimum atomic E-state index is -0.0567. The number of nitrogens with zero attached hydrogens (tertiary/aromatic N) is 4. The van der Waals surface area contributed by atoms with E-state index < -0.39 is 0 Å². The molecule has 3 fully saturated rings. The van der Waals surface area contributed by atoms with Crippen LogP contribution in [-0.4, -0.2) is 51.7 Å². The SMILES string of the molecule is O=c1c(-c2ccccc2Cl)cc2cnc(NC3C4CN(Cc5ccccc5)CC43)nc2n1C1CCNC1. The Labute approximate surface area is 220 Å². The van der Waals surface area contributed by atoms with Crippen LogP contribution in [0.5, 0.6) is 0 Å². The molecule has 0 radical (unpaired) electrons. The van der Waals surface area contributed by atoms with Crippen molar-refractivity contribution in [1.29, 1.82) is 0 Å². The van der Waals surface area contributed by atoms with Gasteiger partial charge in [-0.25, -0.2) is 4.98 Å². The van der Waals surface area contributed by atoms with E-state index in [4.69, 9.17) is 16.6 Å². The van der Waals surface area contributed by atoms with Crippen molar-refractivity contribution in [3.63, 3.8) is 0 Å². The smallest absolute Gasteiger partial charge is 0.260 e. The molecule has 8 heteroatoms. The summed E-state index contributed by atoms with van der Waals surface area (Å²) in [5, 5.41) is 8.39.